The summed E-state index contributed by atoms with van der Waals surface area (Å²) >= 11 is 1.38. The van der Waals surface area contributed by atoms with Crippen LogP contribution in [0.1, 0.15) is 24.5 Å². The van der Waals surface area contributed by atoms with Gasteiger partial charge in [-0.25, -0.2) is 9.78 Å². The molecule has 0 unspecified atom stereocenters. The summed E-state index contributed by atoms with van der Waals surface area (Å²) in [5, 5.41) is 5.57. The number of aromatic amines is 1. The van der Waals surface area contributed by atoms with Gasteiger partial charge in [0.25, 0.3) is 5.56 Å². The number of thiazole rings is 1. The van der Waals surface area contributed by atoms with Gasteiger partial charge in [-0.15, -0.1) is 11.3 Å². The third kappa shape index (κ3) is 2.76. The first-order valence-corrected chi connectivity index (χ1v) is 8.47. The highest BCUT2D eigenvalue weighted by Gasteiger charge is 2.26. The van der Waals surface area contributed by atoms with Crippen molar-refractivity contribution in [2.24, 2.45) is 0 Å². The number of hydrogen-bond acceptors (Lipinski definition) is 5. The summed E-state index contributed by atoms with van der Waals surface area (Å²) < 4.78 is 1.25. The molecule has 0 saturated heterocycles. The van der Waals surface area contributed by atoms with Crippen LogP contribution in [-0.4, -0.2) is 20.4 Å². The number of H-pyrrole nitrogens is 1. The van der Waals surface area contributed by atoms with Crippen LogP contribution in [0, 0.1) is 0 Å². The SMILES string of the molecule is O=C(Cn1c(=O)[nH]c(=O)c2ccccc21)Nc1nc(C2CC2)cs1. The summed E-state index contributed by atoms with van der Waals surface area (Å²) in [5.41, 5.74) is 0.383. The van der Waals surface area contributed by atoms with Gasteiger partial charge in [0.15, 0.2) is 5.13 Å². The number of fused-ring (bicyclic) bond motifs is 1. The molecule has 122 valence electrons. The molecular formula is C16H14N4O3S. The van der Waals surface area contributed by atoms with Crippen LogP contribution in [0.15, 0.2) is 39.2 Å². The number of amides is 1. The van der Waals surface area contributed by atoms with Crippen LogP contribution >= 0.6 is 11.3 Å². The molecule has 1 aliphatic carbocycles. The number of anilines is 1. The van der Waals surface area contributed by atoms with E-state index in [-0.39, 0.29) is 12.5 Å². The normalized spacial score (nSPS) is 14.0. The van der Waals surface area contributed by atoms with Gasteiger partial charge in [0.2, 0.25) is 5.91 Å². The van der Waals surface area contributed by atoms with E-state index < -0.39 is 11.2 Å². The van der Waals surface area contributed by atoms with Crippen molar-refractivity contribution in [1.82, 2.24) is 14.5 Å². The van der Waals surface area contributed by atoms with Crippen molar-refractivity contribution in [2.45, 2.75) is 25.3 Å². The van der Waals surface area contributed by atoms with Crippen LogP contribution in [0.25, 0.3) is 10.9 Å². The lowest BCUT2D eigenvalue weighted by molar-refractivity contribution is -0.116. The van der Waals surface area contributed by atoms with E-state index in [1.54, 1.807) is 24.3 Å². The third-order valence-electron chi connectivity index (χ3n) is 3.97. The average Bonchev–Trinajstić information content (AvgIpc) is 3.32. The van der Waals surface area contributed by atoms with Gasteiger partial charge in [-0.2, -0.15) is 0 Å². The number of benzene rings is 1. The van der Waals surface area contributed by atoms with Gasteiger partial charge in [-0.05, 0) is 25.0 Å². The molecule has 0 aliphatic heterocycles. The lowest BCUT2D eigenvalue weighted by Gasteiger charge is -2.08. The first-order valence-electron chi connectivity index (χ1n) is 7.59. The van der Waals surface area contributed by atoms with Crippen molar-refractivity contribution in [3.8, 4) is 0 Å². The van der Waals surface area contributed by atoms with E-state index in [4.69, 9.17) is 0 Å². The van der Waals surface area contributed by atoms with Crippen molar-refractivity contribution in [2.75, 3.05) is 5.32 Å². The summed E-state index contributed by atoms with van der Waals surface area (Å²) in [6, 6.07) is 6.69. The summed E-state index contributed by atoms with van der Waals surface area (Å²) in [4.78, 5) is 42.8. The second-order valence-corrected chi connectivity index (χ2v) is 6.62. The lowest BCUT2D eigenvalue weighted by atomic mass is 10.2. The Morgan fingerprint density at radius 2 is 2.12 bits per heavy atom. The summed E-state index contributed by atoms with van der Waals surface area (Å²) in [7, 11) is 0. The maximum Gasteiger partial charge on any atom is 0.329 e. The molecule has 1 aromatic carbocycles. The molecule has 7 nitrogen and oxygen atoms in total. The molecule has 0 spiro atoms. The van der Waals surface area contributed by atoms with Gasteiger partial charge in [-0.3, -0.25) is 19.1 Å². The number of aromatic nitrogens is 3. The van der Waals surface area contributed by atoms with Crippen molar-refractivity contribution >= 4 is 33.3 Å². The molecule has 4 rings (SSSR count). The van der Waals surface area contributed by atoms with E-state index in [1.165, 1.54) is 15.9 Å². The van der Waals surface area contributed by atoms with Gasteiger partial charge in [0.1, 0.15) is 6.54 Å². The molecule has 8 heteroatoms. The molecule has 2 heterocycles. The first kappa shape index (κ1) is 14.8. The Bertz CT molecular complexity index is 1050. The summed E-state index contributed by atoms with van der Waals surface area (Å²) in [5.74, 6) is 0.170. The fraction of sp³-hybridized carbons (Fsp3) is 0.250. The van der Waals surface area contributed by atoms with E-state index in [0.717, 1.165) is 18.5 Å². The zero-order valence-electron chi connectivity index (χ0n) is 12.6. The van der Waals surface area contributed by atoms with Gasteiger partial charge in [-0.1, -0.05) is 12.1 Å². The molecule has 0 atom stereocenters. The molecular weight excluding hydrogens is 328 g/mol. The Hall–Kier alpha value is -2.74. The van der Waals surface area contributed by atoms with E-state index in [9.17, 15) is 14.4 Å². The summed E-state index contributed by atoms with van der Waals surface area (Å²) in [6.45, 7) is -0.186. The molecule has 2 N–H and O–H groups in total. The molecule has 1 fully saturated rings. The maximum absolute atomic E-state index is 12.3. The lowest BCUT2D eigenvalue weighted by Crippen LogP contribution is -2.33. The van der Waals surface area contributed by atoms with Crippen LogP contribution in [0.3, 0.4) is 0 Å². The zero-order chi connectivity index (χ0) is 16.7. The predicted octanol–water partition coefficient (Wildman–Crippen LogP) is 1.66. The molecule has 3 aromatic rings. The molecule has 1 saturated carbocycles. The fourth-order valence-corrected chi connectivity index (χ4v) is 3.42. The van der Waals surface area contributed by atoms with Crippen molar-refractivity contribution in [3.63, 3.8) is 0 Å². The standard InChI is InChI=1S/C16H14N4O3S/c21-13(18-15-17-11(8-24-15)9-5-6-9)7-20-12-4-2-1-3-10(12)14(22)19-16(20)23/h1-4,8-9H,5-7H2,(H,17,18,21)(H,19,22,23). The Balaban J connectivity index is 1.60. The van der Waals surface area contributed by atoms with Crippen molar-refractivity contribution < 1.29 is 4.79 Å². The topological polar surface area (TPSA) is 96.9 Å². The number of para-hydroxylation sites is 1. The fourth-order valence-electron chi connectivity index (χ4n) is 2.61. The maximum atomic E-state index is 12.3. The number of carbonyl (C=O) groups excluding carboxylic acids is 1. The number of rotatable bonds is 4. The van der Waals surface area contributed by atoms with Crippen LogP contribution < -0.4 is 16.6 Å². The molecule has 2 aromatic heterocycles. The molecule has 1 aliphatic rings. The van der Waals surface area contributed by atoms with Crippen molar-refractivity contribution in [3.05, 3.63) is 56.2 Å². The largest absolute Gasteiger partial charge is 0.329 e. The summed E-state index contributed by atoms with van der Waals surface area (Å²) in [6.07, 6.45) is 2.30. The van der Waals surface area contributed by atoms with Gasteiger partial charge in [0.05, 0.1) is 16.6 Å². The molecule has 24 heavy (non-hydrogen) atoms. The Labute approximate surface area is 140 Å². The van der Waals surface area contributed by atoms with Crippen LogP contribution in [-0.2, 0) is 11.3 Å². The second kappa shape index (κ2) is 5.72. The minimum atomic E-state index is -0.605. The number of nitrogens with zero attached hydrogens (tertiary/aromatic N) is 2. The highest BCUT2D eigenvalue weighted by atomic mass is 32.1. The Morgan fingerprint density at radius 3 is 2.92 bits per heavy atom. The van der Waals surface area contributed by atoms with Crippen LogP contribution in [0.4, 0.5) is 5.13 Å². The second-order valence-electron chi connectivity index (χ2n) is 5.76. The number of hydrogen-bond donors (Lipinski definition) is 2. The zero-order valence-corrected chi connectivity index (χ0v) is 13.4. The van der Waals surface area contributed by atoms with Gasteiger partial charge in [0, 0.05) is 11.3 Å². The monoisotopic (exact) mass is 342 g/mol. The molecule has 1 amide bonds. The van der Waals surface area contributed by atoms with E-state index in [2.05, 4.69) is 15.3 Å². The van der Waals surface area contributed by atoms with Crippen LogP contribution in [0.5, 0.6) is 0 Å². The number of carbonyl (C=O) groups is 1. The van der Waals surface area contributed by atoms with E-state index in [0.29, 0.717) is 22.0 Å². The van der Waals surface area contributed by atoms with Crippen molar-refractivity contribution in [1.29, 1.82) is 0 Å². The van der Waals surface area contributed by atoms with Gasteiger partial charge < -0.3 is 5.32 Å². The molecule has 0 bridgehead atoms. The average molecular weight is 342 g/mol. The minimum Gasteiger partial charge on any atom is -0.300 e. The van der Waals surface area contributed by atoms with E-state index in [1.807, 2.05) is 5.38 Å². The Morgan fingerprint density at radius 1 is 1.33 bits per heavy atom. The quantitative estimate of drug-likeness (QED) is 0.753. The highest BCUT2D eigenvalue weighted by Crippen LogP contribution is 2.40. The number of nitrogens with one attached hydrogen (secondary N) is 2. The van der Waals surface area contributed by atoms with Gasteiger partial charge >= 0.3 is 5.69 Å². The first-order chi connectivity index (χ1) is 11.6. The Kier molecular flexibility index (Phi) is 3.53. The highest BCUT2D eigenvalue weighted by molar-refractivity contribution is 7.13. The predicted molar refractivity (Wildman–Crippen MR) is 91.5 cm³/mol. The molecule has 0 radical (unpaired) electrons. The smallest absolute Gasteiger partial charge is 0.300 e. The van der Waals surface area contributed by atoms with Crippen LogP contribution in [0.2, 0.25) is 0 Å². The third-order valence-corrected chi connectivity index (χ3v) is 4.75. The minimum absolute atomic E-state index is 0.186. The van der Waals surface area contributed by atoms with E-state index >= 15 is 0 Å².